The molecule has 1 atom stereocenters. The van der Waals surface area contributed by atoms with Gasteiger partial charge in [-0.1, -0.05) is 37.2 Å². The van der Waals surface area contributed by atoms with E-state index in [0.29, 0.717) is 24.7 Å². The zero-order chi connectivity index (χ0) is 19.0. The minimum Gasteiger partial charge on any atom is -0.451 e. The molecule has 1 aliphatic heterocycles. The SMILES string of the molecule is CC(C)c1noc(C(C)N2CCN(C(=O)c3cc4ccccc4o3)CC2)n1. The van der Waals surface area contributed by atoms with Gasteiger partial charge in [0.15, 0.2) is 11.6 Å². The lowest BCUT2D eigenvalue weighted by Gasteiger charge is -2.36. The van der Waals surface area contributed by atoms with Crippen LogP contribution in [0.4, 0.5) is 0 Å². The molecule has 0 bridgehead atoms. The van der Waals surface area contributed by atoms with Gasteiger partial charge in [0.25, 0.3) is 5.91 Å². The second-order valence-electron chi connectivity index (χ2n) is 7.30. The lowest BCUT2D eigenvalue weighted by Crippen LogP contribution is -2.49. The molecule has 3 heterocycles. The molecule has 0 radical (unpaired) electrons. The molecule has 1 aromatic carbocycles. The molecule has 27 heavy (non-hydrogen) atoms. The number of hydrogen-bond donors (Lipinski definition) is 0. The first kappa shape index (κ1) is 17.7. The van der Waals surface area contributed by atoms with Gasteiger partial charge in [0.2, 0.25) is 5.89 Å². The third kappa shape index (κ3) is 3.47. The van der Waals surface area contributed by atoms with E-state index < -0.39 is 0 Å². The van der Waals surface area contributed by atoms with E-state index in [0.717, 1.165) is 29.9 Å². The van der Waals surface area contributed by atoms with Crippen LogP contribution < -0.4 is 0 Å². The van der Waals surface area contributed by atoms with Crippen LogP contribution in [0.3, 0.4) is 0 Å². The summed E-state index contributed by atoms with van der Waals surface area (Å²) < 4.78 is 11.1. The van der Waals surface area contributed by atoms with E-state index in [9.17, 15) is 4.79 Å². The smallest absolute Gasteiger partial charge is 0.289 e. The van der Waals surface area contributed by atoms with Crippen molar-refractivity contribution >= 4 is 16.9 Å². The average molecular weight is 368 g/mol. The summed E-state index contributed by atoms with van der Waals surface area (Å²) in [6.07, 6.45) is 0. The Bertz CT molecular complexity index is 905. The molecule has 7 heteroatoms. The van der Waals surface area contributed by atoms with E-state index in [1.807, 2.05) is 49.1 Å². The Labute approximate surface area is 157 Å². The van der Waals surface area contributed by atoms with Crippen molar-refractivity contribution in [1.82, 2.24) is 19.9 Å². The first-order valence-electron chi connectivity index (χ1n) is 9.38. The predicted octanol–water partition coefficient (Wildman–Crippen LogP) is 3.46. The van der Waals surface area contributed by atoms with Gasteiger partial charge in [-0.2, -0.15) is 4.98 Å². The molecule has 0 aliphatic carbocycles. The topological polar surface area (TPSA) is 75.6 Å². The quantitative estimate of drug-likeness (QED) is 0.702. The molecule has 1 aliphatic rings. The first-order chi connectivity index (χ1) is 13.0. The molecule has 1 amide bonds. The second-order valence-corrected chi connectivity index (χ2v) is 7.30. The Hall–Kier alpha value is -2.67. The van der Waals surface area contributed by atoms with E-state index in [1.165, 1.54) is 0 Å². The largest absolute Gasteiger partial charge is 0.451 e. The number of amides is 1. The van der Waals surface area contributed by atoms with Crippen LogP contribution >= 0.6 is 0 Å². The molecule has 1 fully saturated rings. The number of hydrogen-bond acceptors (Lipinski definition) is 6. The Kier molecular flexibility index (Phi) is 4.70. The van der Waals surface area contributed by atoms with Gasteiger partial charge >= 0.3 is 0 Å². The number of para-hydroxylation sites is 1. The fraction of sp³-hybridized carbons (Fsp3) is 0.450. The summed E-state index contributed by atoms with van der Waals surface area (Å²) in [7, 11) is 0. The number of carbonyl (C=O) groups is 1. The Morgan fingerprint density at radius 3 is 2.52 bits per heavy atom. The van der Waals surface area contributed by atoms with Crippen LogP contribution in [0, 0.1) is 0 Å². The zero-order valence-electron chi connectivity index (χ0n) is 15.9. The van der Waals surface area contributed by atoms with Crippen LogP contribution in [-0.2, 0) is 0 Å². The number of furan rings is 1. The fourth-order valence-electron chi connectivity index (χ4n) is 3.36. The van der Waals surface area contributed by atoms with Crippen molar-refractivity contribution in [2.75, 3.05) is 26.2 Å². The average Bonchev–Trinajstić information content (AvgIpc) is 3.34. The van der Waals surface area contributed by atoms with Gasteiger partial charge in [0.05, 0.1) is 6.04 Å². The number of piperazine rings is 1. The minimum atomic E-state index is -0.0570. The normalized spacial score (nSPS) is 17.0. The van der Waals surface area contributed by atoms with Crippen LogP contribution in [0.5, 0.6) is 0 Å². The summed E-state index contributed by atoms with van der Waals surface area (Å²) in [6, 6.07) is 9.52. The molecule has 1 unspecified atom stereocenters. The molecule has 7 nitrogen and oxygen atoms in total. The van der Waals surface area contributed by atoms with Crippen molar-refractivity contribution in [1.29, 1.82) is 0 Å². The van der Waals surface area contributed by atoms with Gasteiger partial charge in [0, 0.05) is 37.5 Å². The summed E-state index contributed by atoms with van der Waals surface area (Å²) in [6.45, 7) is 8.95. The van der Waals surface area contributed by atoms with Gasteiger partial charge in [-0.3, -0.25) is 9.69 Å². The Balaban J connectivity index is 1.39. The zero-order valence-corrected chi connectivity index (χ0v) is 15.9. The standard InChI is InChI=1S/C20H24N4O3/c1-13(2)18-21-19(27-22-18)14(3)23-8-10-24(11-9-23)20(25)17-12-15-6-4-5-7-16(15)26-17/h4-7,12-14H,8-11H2,1-3H3. The summed E-state index contributed by atoms with van der Waals surface area (Å²) in [5.74, 6) is 1.95. The number of nitrogens with zero attached hydrogens (tertiary/aromatic N) is 4. The van der Waals surface area contributed by atoms with E-state index in [2.05, 4.69) is 22.0 Å². The van der Waals surface area contributed by atoms with Crippen molar-refractivity contribution in [2.24, 2.45) is 0 Å². The highest BCUT2D eigenvalue weighted by molar-refractivity contribution is 5.96. The van der Waals surface area contributed by atoms with Gasteiger partial charge in [-0.25, -0.2) is 0 Å². The molecule has 0 saturated carbocycles. The number of aromatic nitrogens is 2. The molecular weight excluding hydrogens is 344 g/mol. The molecule has 0 N–H and O–H groups in total. The maximum absolute atomic E-state index is 12.8. The monoisotopic (exact) mass is 368 g/mol. The number of benzene rings is 1. The molecule has 3 aromatic rings. The maximum atomic E-state index is 12.8. The van der Waals surface area contributed by atoms with Gasteiger partial charge in [-0.15, -0.1) is 0 Å². The van der Waals surface area contributed by atoms with Crippen molar-refractivity contribution < 1.29 is 13.7 Å². The highest BCUT2D eigenvalue weighted by atomic mass is 16.5. The van der Waals surface area contributed by atoms with Gasteiger partial charge in [0.1, 0.15) is 5.58 Å². The second kappa shape index (κ2) is 7.15. The van der Waals surface area contributed by atoms with Crippen molar-refractivity contribution in [3.63, 3.8) is 0 Å². The highest BCUT2D eigenvalue weighted by Gasteiger charge is 2.29. The number of carbonyl (C=O) groups excluding carboxylic acids is 1. The molecule has 1 saturated heterocycles. The van der Waals surface area contributed by atoms with E-state index in [4.69, 9.17) is 8.94 Å². The fourth-order valence-corrected chi connectivity index (χ4v) is 3.36. The van der Waals surface area contributed by atoms with E-state index >= 15 is 0 Å². The van der Waals surface area contributed by atoms with Crippen LogP contribution in [-0.4, -0.2) is 52.0 Å². The van der Waals surface area contributed by atoms with Crippen LogP contribution in [0.15, 0.2) is 39.3 Å². The van der Waals surface area contributed by atoms with Crippen molar-refractivity contribution in [3.8, 4) is 0 Å². The summed E-state index contributed by atoms with van der Waals surface area (Å²) in [4.78, 5) is 21.4. The maximum Gasteiger partial charge on any atom is 0.289 e. The number of fused-ring (bicyclic) bond motifs is 1. The van der Waals surface area contributed by atoms with E-state index in [1.54, 1.807) is 0 Å². The van der Waals surface area contributed by atoms with Gasteiger partial charge in [-0.05, 0) is 19.1 Å². The molecular formula is C20H24N4O3. The van der Waals surface area contributed by atoms with Crippen LogP contribution in [0.25, 0.3) is 11.0 Å². The summed E-state index contributed by atoms with van der Waals surface area (Å²) in [5, 5.41) is 4.99. The van der Waals surface area contributed by atoms with Crippen LogP contribution in [0.1, 0.15) is 55.0 Å². The lowest BCUT2D eigenvalue weighted by molar-refractivity contribution is 0.0526. The highest BCUT2D eigenvalue weighted by Crippen LogP contribution is 2.24. The van der Waals surface area contributed by atoms with Crippen molar-refractivity contribution in [3.05, 3.63) is 47.8 Å². The lowest BCUT2D eigenvalue weighted by atomic mass is 10.2. The minimum absolute atomic E-state index is 0.0356. The number of rotatable bonds is 4. The Morgan fingerprint density at radius 1 is 1.11 bits per heavy atom. The van der Waals surface area contributed by atoms with Gasteiger partial charge < -0.3 is 13.8 Å². The molecule has 142 valence electrons. The third-order valence-electron chi connectivity index (χ3n) is 5.12. The predicted molar refractivity (Wildman–Crippen MR) is 100 cm³/mol. The first-order valence-corrected chi connectivity index (χ1v) is 9.38. The molecule has 0 spiro atoms. The Morgan fingerprint density at radius 2 is 1.85 bits per heavy atom. The summed E-state index contributed by atoms with van der Waals surface area (Å²) in [5.41, 5.74) is 0.741. The molecule has 4 rings (SSSR count). The van der Waals surface area contributed by atoms with E-state index in [-0.39, 0.29) is 17.9 Å². The summed E-state index contributed by atoms with van der Waals surface area (Å²) >= 11 is 0. The third-order valence-corrected chi connectivity index (χ3v) is 5.12. The van der Waals surface area contributed by atoms with Crippen molar-refractivity contribution in [2.45, 2.75) is 32.7 Å². The van der Waals surface area contributed by atoms with Crippen LogP contribution in [0.2, 0.25) is 0 Å². The molecule has 2 aromatic heterocycles.